The highest BCUT2D eigenvalue weighted by atomic mass is 35.5. The van der Waals surface area contributed by atoms with Gasteiger partial charge in [-0.1, -0.05) is 30.3 Å². The summed E-state index contributed by atoms with van der Waals surface area (Å²) in [4.78, 5) is 37.5. The Morgan fingerprint density at radius 2 is 1.69 bits per heavy atom. The van der Waals surface area contributed by atoms with Gasteiger partial charge in [0, 0.05) is 46.6 Å². The van der Waals surface area contributed by atoms with Crippen LogP contribution < -0.4 is 25.4 Å². The van der Waals surface area contributed by atoms with Gasteiger partial charge >= 0.3 is 18.1 Å². The third-order valence-electron chi connectivity index (χ3n) is 7.39. The fraction of sp³-hybridized carbons (Fsp3) is 0.321. The van der Waals surface area contributed by atoms with Gasteiger partial charge in [0.1, 0.15) is 5.54 Å². The van der Waals surface area contributed by atoms with E-state index in [9.17, 15) is 31.2 Å². The molecule has 2 aromatic carbocycles. The SMILES string of the molecule is C=CS(=O)(=O)NC(=O)C1(CNC(=O)c2ccc(Nc3nc([NH2+]C4(c5ccc(Cl)cc5)CC4)nc(OCC(F)(F)F)n3)cc2)CC1. The van der Waals surface area contributed by atoms with Crippen LogP contribution in [0.5, 0.6) is 6.01 Å². The number of aromatic nitrogens is 3. The molecule has 2 aliphatic rings. The highest BCUT2D eigenvalue weighted by molar-refractivity contribution is 7.92. The first-order chi connectivity index (χ1) is 21.2. The number of hydrogen-bond donors (Lipinski definition) is 4. The molecule has 238 valence electrons. The normalized spacial score (nSPS) is 16.3. The lowest BCUT2D eigenvalue weighted by atomic mass is 10.1. The molecule has 0 saturated heterocycles. The standard InChI is InChI=1S/C28H27ClF3N7O5S/c1-2-45(42,43)39-22(41)26(11-12-26)15-33-21(40)17-3-9-20(10-4-17)34-23-35-24(37-25(36-23)44-16-28(30,31)32)38-27(13-14-27)18-5-7-19(29)8-6-18/h2-10H,1,11-16H2,(H,33,40)(H,39,41)(H2,34,35,36,37,38)/p+1. The second-order valence-corrected chi connectivity index (χ2v) is 12.9. The van der Waals surface area contributed by atoms with Crippen LogP contribution >= 0.6 is 11.6 Å². The second kappa shape index (κ2) is 12.3. The minimum atomic E-state index is -4.60. The van der Waals surface area contributed by atoms with Crippen molar-refractivity contribution >= 4 is 51.0 Å². The quantitative estimate of drug-likeness (QED) is 0.214. The molecule has 12 nitrogen and oxygen atoms in total. The molecule has 0 aliphatic heterocycles. The van der Waals surface area contributed by atoms with Crippen LogP contribution in [0.4, 0.5) is 30.8 Å². The van der Waals surface area contributed by atoms with Crippen LogP contribution in [0.1, 0.15) is 41.6 Å². The first-order valence-corrected chi connectivity index (χ1v) is 15.5. The number of hydrogen-bond acceptors (Lipinski definition) is 9. The topological polar surface area (TPSA) is 169 Å². The van der Waals surface area contributed by atoms with E-state index in [2.05, 4.69) is 32.2 Å². The molecule has 0 atom stereocenters. The molecule has 5 N–H and O–H groups in total. The summed E-state index contributed by atoms with van der Waals surface area (Å²) in [5.41, 5.74) is 0.201. The molecule has 2 aliphatic carbocycles. The molecule has 0 radical (unpaired) electrons. The zero-order valence-corrected chi connectivity index (χ0v) is 25.1. The zero-order valence-electron chi connectivity index (χ0n) is 23.5. The number of nitrogens with zero attached hydrogens (tertiary/aromatic N) is 3. The van der Waals surface area contributed by atoms with E-state index in [-0.39, 0.29) is 24.0 Å². The minimum Gasteiger partial charge on any atom is -0.454 e. The number of halogens is 4. The first kappa shape index (κ1) is 32.1. The summed E-state index contributed by atoms with van der Waals surface area (Å²) >= 11 is 6.01. The van der Waals surface area contributed by atoms with Gasteiger partial charge in [-0.3, -0.25) is 14.9 Å². The Kier molecular flexibility index (Phi) is 8.75. The maximum atomic E-state index is 12.9. The van der Waals surface area contributed by atoms with Crippen molar-refractivity contribution in [3.63, 3.8) is 0 Å². The van der Waals surface area contributed by atoms with E-state index in [0.717, 1.165) is 18.4 Å². The smallest absolute Gasteiger partial charge is 0.422 e. The fourth-order valence-electron chi connectivity index (χ4n) is 4.48. The molecule has 2 amide bonds. The summed E-state index contributed by atoms with van der Waals surface area (Å²) in [6.45, 7) is 1.50. The van der Waals surface area contributed by atoms with Crippen molar-refractivity contribution in [2.75, 3.05) is 18.5 Å². The number of quaternary nitrogens is 1. The van der Waals surface area contributed by atoms with Crippen molar-refractivity contribution in [2.24, 2.45) is 5.41 Å². The van der Waals surface area contributed by atoms with Gasteiger partial charge in [-0.15, -0.1) is 9.97 Å². The van der Waals surface area contributed by atoms with Gasteiger partial charge in [0.25, 0.3) is 15.9 Å². The Labute approximate surface area is 260 Å². The van der Waals surface area contributed by atoms with Crippen molar-refractivity contribution in [3.05, 3.63) is 76.7 Å². The minimum absolute atomic E-state index is 0.0628. The number of nitrogens with one attached hydrogen (secondary N) is 3. The Hall–Kier alpha value is -4.28. The first-order valence-electron chi connectivity index (χ1n) is 13.6. The van der Waals surface area contributed by atoms with Gasteiger partial charge in [-0.2, -0.15) is 18.2 Å². The average Bonchev–Trinajstić information content (AvgIpc) is 3.92. The summed E-state index contributed by atoms with van der Waals surface area (Å²) in [5, 5.41) is 8.51. The molecule has 45 heavy (non-hydrogen) atoms. The molecule has 1 heterocycles. The fourth-order valence-corrected chi connectivity index (χ4v) is 5.17. The maximum absolute atomic E-state index is 12.9. The average molecular weight is 667 g/mol. The van der Waals surface area contributed by atoms with Crippen molar-refractivity contribution in [3.8, 4) is 6.01 Å². The van der Waals surface area contributed by atoms with Crippen LogP contribution in [0, 0.1) is 5.41 Å². The molecule has 5 rings (SSSR count). The number of sulfonamides is 1. The van der Waals surface area contributed by atoms with E-state index in [1.165, 1.54) is 24.3 Å². The Morgan fingerprint density at radius 1 is 1.02 bits per heavy atom. The zero-order chi connectivity index (χ0) is 32.5. The molecule has 2 saturated carbocycles. The molecule has 1 aromatic heterocycles. The molecule has 2 fully saturated rings. The summed E-state index contributed by atoms with van der Waals surface area (Å²) in [6, 6.07) is 12.8. The van der Waals surface area contributed by atoms with Gasteiger partial charge in [0.05, 0.1) is 5.41 Å². The van der Waals surface area contributed by atoms with E-state index in [0.29, 0.717) is 29.0 Å². The van der Waals surface area contributed by atoms with Gasteiger partial charge < -0.3 is 15.4 Å². The largest absolute Gasteiger partial charge is 0.454 e. The van der Waals surface area contributed by atoms with Gasteiger partial charge in [0.2, 0.25) is 11.9 Å². The van der Waals surface area contributed by atoms with Crippen LogP contribution in [-0.4, -0.2) is 54.5 Å². The van der Waals surface area contributed by atoms with Crippen LogP contribution in [0.3, 0.4) is 0 Å². The Morgan fingerprint density at radius 3 is 2.27 bits per heavy atom. The lowest BCUT2D eigenvalue weighted by Crippen LogP contribution is -2.85. The number of benzene rings is 2. The molecule has 0 bridgehead atoms. The van der Waals surface area contributed by atoms with E-state index in [1.54, 1.807) is 17.4 Å². The molecule has 0 unspecified atom stereocenters. The van der Waals surface area contributed by atoms with Gasteiger partial charge in [0.15, 0.2) is 6.61 Å². The number of rotatable bonds is 13. The van der Waals surface area contributed by atoms with Crippen LogP contribution in [0.15, 0.2) is 60.5 Å². The van der Waals surface area contributed by atoms with E-state index >= 15 is 0 Å². The predicted octanol–water partition coefficient (Wildman–Crippen LogP) is 3.19. The number of ether oxygens (including phenoxy) is 1. The lowest BCUT2D eigenvalue weighted by Gasteiger charge is -2.16. The predicted molar refractivity (Wildman–Crippen MR) is 156 cm³/mol. The van der Waals surface area contributed by atoms with Crippen molar-refractivity contribution < 1.29 is 41.2 Å². The monoisotopic (exact) mass is 666 g/mol. The van der Waals surface area contributed by atoms with Gasteiger partial charge in [-0.05, 0) is 49.2 Å². The number of nitrogens with two attached hydrogens (primary N) is 1. The number of carbonyl (C=O) groups excluding carboxylic acids is 2. The number of anilines is 2. The third-order valence-corrected chi connectivity index (χ3v) is 8.55. The van der Waals surface area contributed by atoms with Crippen LogP contribution in [-0.2, 0) is 20.4 Å². The summed E-state index contributed by atoms with van der Waals surface area (Å²) < 4.78 is 68.6. The number of carbonyl (C=O) groups is 2. The Bertz CT molecular complexity index is 1710. The maximum Gasteiger partial charge on any atom is 0.422 e. The second-order valence-electron chi connectivity index (χ2n) is 10.8. The summed E-state index contributed by atoms with van der Waals surface area (Å²) in [6.07, 6.45) is -2.21. The van der Waals surface area contributed by atoms with E-state index < -0.39 is 51.6 Å². The van der Waals surface area contributed by atoms with Crippen molar-refractivity contribution in [1.29, 1.82) is 0 Å². The molecule has 0 spiro atoms. The lowest BCUT2D eigenvalue weighted by molar-refractivity contribution is -0.641. The Balaban J connectivity index is 1.26. The van der Waals surface area contributed by atoms with Crippen LogP contribution in [0.2, 0.25) is 5.02 Å². The summed E-state index contributed by atoms with van der Waals surface area (Å²) in [7, 11) is -3.95. The number of amides is 2. The number of alkyl halides is 3. The van der Waals surface area contributed by atoms with Crippen molar-refractivity contribution in [2.45, 2.75) is 37.4 Å². The molecular weight excluding hydrogens is 639 g/mol. The summed E-state index contributed by atoms with van der Waals surface area (Å²) in [5.74, 6) is -1.17. The molecular formula is C28H28ClF3N7O5S+. The molecule has 17 heteroatoms. The highest BCUT2D eigenvalue weighted by Crippen LogP contribution is 2.45. The third kappa shape index (κ3) is 8.26. The molecule has 3 aromatic rings. The van der Waals surface area contributed by atoms with Crippen molar-refractivity contribution in [1.82, 2.24) is 25.0 Å². The van der Waals surface area contributed by atoms with E-state index in [1.807, 2.05) is 16.9 Å². The van der Waals surface area contributed by atoms with Gasteiger partial charge in [-0.25, -0.2) is 13.1 Å². The van der Waals surface area contributed by atoms with Crippen LogP contribution in [0.25, 0.3) is 0 Å². The highest BCUT2D eigenvalue weighted by Gasteiger charge is 2.51. The van der Waals surface area contributed by atoms with E-state index in [4.69, 9.17) is 16.3 Å².